The molecule has 1 aromatic heterocycles. The van der Waals surface area contributed by atoms with Gasteiger partial charge in [0.1, 0.15) is 11.5 Å². The van der Waals surface area contributed by atoms with Crippen molar-refractivity contribution in [1.29, 1.82) is 0 Å². The molecule has 0 aliphatic heterocycles. The lowest BCUT2D eigenvalue weighted by Gasteiger charge is -2.15. The molecule has 1 rings (SSSR count). The van der Waals surface area contributed by atoms with E-state index in [9.17, 15) is 0 Å². The molecule has 18 heavy (non-hydrogen) atoms. The van der Waals surface area contributed by atoms with Gasteiger partial charge in [0.25, 0.3) is 0 Å². The van der Waals surface area contributed by atoms with Crippen molar-refractivity contribution >= 4 is 0 Å². The summed E-state index contributed by atoms with van der Waals surface area (Å²) < 4.78 is 5.77. The van der Waals surface area contributed by atoms with E-state index in [2.05, 4.69) is 36.9 Å². The third-order valence-electron chi connectivity index (χ3n) is 2.71. The zero-order chi connectivity index (χ0) is 13.4. The Labute approximate surface area is 111 Å². The maximum atomic E-state index is 5.77. The van der Waals surface area contributed by atoms with Gasteiger partial charge in [0.15, 0.2) is 0 Å². The van der Waals surface area contributed by atoms with E-state index in [-0.39, 0.29) is 0 Å². The lowest BCUT2D eigenvalue weighted by molar-refractivity contribution is 0.280. The number of furan rings is 1. The van der Waals surface area contributed by atoms with Crippen molar-refractivity contribution in [2.24, 2.45) is 5.92 Å². The summed E-state index contributed by atoms with van der Waals surface area (Å²) in [5.41, 5.74) is 0. The van der Waals surface area contributed by atoms with Gasteiger partial charge in [0, 0.05) is 0 Å². The summed E-state index contributed by atoms with van der Waals surface area (Å²) in [5, 5.41) is 3.37. The maximum Gasteiger partial charge on any atom is 0.118 e. The van der Waals surface area contributed by atoms with Crippen LogP contribution in [0.1, 0.15) is 32.3 Å². The van der Waals surface area contributed by atoms with Gasteiger partial charge in [0.05, 0.1) is 19.6 Å². The van der Waals surface area contributed by atoms with Crippen molar-refractivity contribution in [3.8, 4) is 12.3 Å². The Bertz CT molecular complexity index is 376. The van der Waals surface area contributed by atoms with Gasteiger partial charge < -0.3 is 9.73 Å². The van der Waals surface area contributed by atoms with Gasteiger partial charge in [-0.3, -0.25) is 4.90 Å². The number of hydrogen-bond donors (Lipinski definition) is 1. The Hall–Kier alpha value is -1.24. The van der Waals surface area contributed by atoms with E-state index < -0.39 is 0 Å². The first-order valence-electron chi connectivity index (χ1n) is 6.59. The molecule has 0 spiro atoms. The van der Waals surface area contributed by atoms with E-state index in [1.54, 1.807) is 0 Å². The molecular formula is C15H24N2O. The van der Waals surface area contributed by atoms with Crippen LogP contribution in [0.2, 0.25) is 0 Å². The third-order valence-corrected chi connectivity index (χ3v) is 2.71. The Balaban J connectivity index is 2.40. The van der Waals surface area contributed by atoms with Gasteiger partial charge >= 0.3 is 0 Å². The van der Waals surface area contributed by atoms with Gasteiger partial charge in [-0.2, -0.15) is 0 Å². The topological polar surface area (TPSA) is 28.4 Å². The lowest BCUT2D eigenvalue weighted by atomic mass is 10.2. The molecule has 0 saturated heterocycles. The summed E-state index contributed by atoms with van der Waals surface area (Å²) in [6, 6.07) is 4.07. The Kier molecular flexibility index (Phi) is 6.56. The van der Waals surface area contributed by atoms with Crippen LogP contribution in [-0.4, -0.2) is 24.5 Å². The summed E-state index contributed by atoms with van der Waals surface area (Å²) in [5.74, 6) is 5.29. The molecule has 0 atom stereocenters. The molecule has 0 radical (unpaired) electrons. The summed E-state index contributed by atoms with van der Waals surface area (Å²) >= 11 is 0. The molecule has 1 heterocycles. The maximum absolute atomic E-state index is 5.77. The molecule has 100 valence electrons. The second kappa shape index (κ2) is 7.97. The fourth-order valence-electron chi connectivity index (χ4n) is 1.72. The van der Waals surface area contributed by atoms with E-state index in [1.807, 2.05) is 12.1 Å². The zero-order valence-electron chi connectivity index (χ0n) is 11.7. The highest BCUT2D eigenvalue weighted by atomic mass is 16.3. The van der Waals surface area contributed by atoms with E-state index in [4.69, 9.17) is 10.8 Å². The highest BCUT2D eigenvalue weighted by molar-refractivity contribution is 5.07. The molecular weight excluding hydrogens is 224 g/mol. The SMILES string of the molecule is C#CCN(CC)Cc1ccc(CNCC(C)C)o1. The standard InChI is InChI=1S/C15H24N2O/c1-5-9-17(6-2)12-15-8-7-14(18-15)11-16-10-13(3)4/h1,7-8,13,16H,6,9-12H2,2-4H3. The average molecular weight is 248 g/mol. The molecule has 1 N–H and O–H groups in total. The van der Waals surface area contributed by atoms with Gasteiger partial charge in [0.2, 0.25) is 0 Å². The monoisotopic (exact) mass is 248 g/mol. The van der Waals surface area contributed by atoms with Crippen LogP contribution in [0.3, 0.4) is 0 Å². The molecule has 0 aliphatic rings. The minimum atomic E-state index is 0.658. The minimum absolute atomic E-state index is 0.658. The molecule has 3 heteroatoms. The van der Waals surface area contributed by atoms with Crippen molar-refractivity contribution in [1.82, 2.24) is 10.2 Å². The van der Waals surface area contributed by atoms with Crippen molar-refractivity contribution in [3.05, 3.63) is 23.7 Å². The number of nitrogens with one attached hydrogen (secondary N) is 1. The normalized spacial score (nSPS) is 11.1. The molecule has 1 aromatic rings. The summed E-state index contributed by atoms with van der Waals surface area (Å²) in [4.78, 5) is 2.17. The van der Waals surface area contributed by atoms with Crippen LogP contribution >= 0.6 is 0 Å². The van der Waals surface area contributed by atoms with Gasteiger partial charge in [-0.25, -0.2) is 0 Å². The van der Waals surface area contributed by atoms with Crippen molar-refractivity contribution in [2.75, 3.05) is 19.6 Å². The molecule has 0 amide bonds. The van der Waals surface area contributed by atoms with Crippen LogP contribution in [0.25, 0.3) is 0 Å². The molecule has 0 unspecified atom stereocenters. The predicted molar refractivity (Wildman–Crippen MR) is 75.0 cm³/mol. The van der Waals surface area contributed by atoms with Crippen molar-refractivity contribution in [2.45, 2.75) is 33.9 Å². The Morgan fingerprint density at radius 2 is 2.11 bits per heavy atom. The van der Waals surface area contributed by atoms with Crippen LogP contribution < -0.4 is 5.32 Å². The number of rotatable bonds is 8. The fraction of sp³-hybridized carbons (Fsp3) is 0.600. The second-order valence-electron chi connectivity index (χ2n) is 4.90. The highest BCUT2D eigenvalue weighted by Crippen LogP contribution is 2.10. The van der Waals surface area contributed by atoms with E-state index in [0.29, 0.717) is 12.5 Å². The van der Waals surface area contributed by atoms with Gasteiger partial charge in [-0.1, -0.05) is 26.7 Å². The van der Waals surface area contributed by atoms with Crippen LogP contribution in [0, 0.1) is 18.3 Å². The summed E-state index contributed by atoms with van der Waals surface area (Å²) in [6.07, 6.45) is 5.33. The summed E-state index contributed by atoms with van der Waals surface area (Å²) in [6.45, 7) is 10.7. The number of terminal acetylenes is 1. The van der Waals surface area contributed by atoms with Crippen molar-refractivity contribution < 1.29 is 4.42 Å². The second-order valence-corrected chi connectivity index (χ2v) is 4.90. The third kappa shape index (κ3) is 5.39. The molecule has 3 nitrogen and oxygen atoms in total. The molecule has 0 saturated carbocycles. The first-order valence-corrected chi connectivity index (χ1v) is 6.59. The van der Waals surface area contributed by atoms with E-state index in [1.165, 1.54) is 0 Å². The van der Waals surface area contributed by atoms with Gasteiger partial charge in [-0.05, 0) is 31.1 Å². The highest BCUT2D eigenvalue weighted by Gasteiger charge is 2.06. The Morgan fingerprint density at radius 3 is 2.72 bits per heavy atom. The van der Waals surface area contributed by atoms with Crippen LogP contribution in [0.5, 0.6) is 0 Å². The van der Waals surface area contributed by atoms with E-state index in [0.717, 1.165) is 37.7 Å². The fourth-order valence-corrected chi connectivity index (χ4v) is 1.72. The molecule has 0 aliphatic carbocycles. The van der Waals surface area contributed by atoms with Gasteiger partial charge in [-0.15, -0.1) is 6.42 Å². The number of hydrogen-bond acceptors (Lipinski definition) is 3. The smallest absolute Gasteiger partial charge is 0.118 e. The quantitative estimate of drug-likeness (QED) is 0.716. The van der Waals surface area contributed by atoms with Crippen LogP contribution in [0.4, 0.5) is 0 Å². The first-order chi connectivity index (χ1) is 8.65. The number of nitrogens with zero attached hydrogens (tertiary/aromatic N) is 1. The Morgan fingerprint density at radius 1 is 1.39 bits per heavy atom. The molecule has 0 aromatic carbocycles. The zero-order valence-corrected chi connectivity index (χ0v) is 11.7. The predicted octanol–water partition coefficient (Wildman–Crippen LogP) is 2.48. The van der Waals surface area contributed by atoms with Crippen LogP contribution in [-0.2, 0) is 13.1 Å². The average Bonchev–Trinajstić information content (AvgIpc) is 2.76. The lowest BCUT2D eigenvalue weighted by Crippen LogP contribution is -2.22. The largest absolute Gasteiger partial charge is 0.463 e. The molecule has 0 fully saturated rings. The van der Waals surface area contributed by atoms with Crippen molar-refractivity contribution in [3.63, 3.8) is 0 Å². The summed E-state index contributed by atoms with van der Waals surface area (Å²) in [7, 11) is 0. The molecule has 0 bridgehead atoms. The minimum Gasteiger partial charge on any atom is -0.463 e. The van der Waals surface area contributed by atoms with Crippen LogP contribution in [0.15, 0.2) is 16.5 Å². The van der Waals surface area contributed by atoms with E-state index >= 15 is 0 Å². The first kappa shape index (κ1) is 14.8.